The second-order valence-electron chi connectivity index (χ2n) is 4.96. The number of methoxy groups -OCH3 is 1. The molecule has 2 aromatic carbocycles. The minimum atomic E-state index is -0.364. The van der Waals surface area contributed by atoms with Crippen LogP contribution in [0.1, 0.15) is 27.0 Å². The van der Waals surface area contributed by atoms with Crippen molar-refractivity contribution in [2.45, 2.75) is 20.4 Å². The summed E-state index contributed by atoms with van der Waals surface area (Å²) in [7, 11) is 1.36. The third kappa shape index (κ3) is 3.34. The second kappa shape index (κ2) is 6.31. The number of hydrogen-bond donors (Lipinski definition) is 2. The van der Waals surface area contributed by atoms with Gasteiger partial charge >= 0.3 is 5.97 Å². The zero-order valence-corrected chi connectivity index (χ0v) is 12.4. The first-order chi connectivity index (χ1) is 10.0. The molecule has 0 heterocycles. The molecule has 0 saturated heterocycles. The van der Waals surface area contributed by atoms with Gasteiger partial charge in [-0.15, -0.1) is 0 Å². The van der Waals surface area contributed by atoms with Crippen LogP contribution in [-0.4, -0.2) is 18.2 Å². The van der Waals surface area contributed by atoms with E-state index in [0.717, 1.165) is 22.4 Å². The molecule has 0 amide bonds. The van der Waals surface area contributed by atoms with Gasteiger partial charge in [-0.2, -0.15) is 0 Å². The van der Waals surface area contributed by atoms with E-state index in [1.807, 2.05) is 38.1 Å². The Bertz CT molecular complexity index is 665. The summed E-state index contributed by atoms with van der Waals surface area (Å²) in [6, 6.07) is 11.0. The summed E-state index contributed by atoms with van der Waals surface area (Å²) < 4.78 is 4.72. The summed E-state index contributed by atoms with van der Waals surface area (Å²) >= 11 is 0. The van der Waals surface area contributed by atoms with Crippen LogP contribution in [0, 0.1) is 13.8 Å². The summed E-state index contributed by atoms with van der Waals surface area (Å²) in [5.41, 5.74) is 4.03. The van der Waals surface area contributed by atoms with Gasteiger partial charge in [0.1, 0.15) is 5.75 Å². The molecule has 0 bridgehead atoms. The van der Waals surface area contributed by atoms with Crippen LogP contribution < -0.4 is 5.32 Å². The molecular weight excluding hydrogens is 266 g/mol. The third-order valence-electron chi connectivity index (χ3n) is 3.45. The van der Waals surface area contributed by atoms with Gasteiger partial charge in [-0.1, -0.05) is 24.3 Å². The number of aryl methyl sites for hydroxylation is 2. The van der Waals surface area contributed by atoms with Crippen LogP contribution >= 0.6 is 0 Å². The van der Waals surface area contributed by atoms with Crippen LogP contribution in [-0.2, 0) is 11.3 Å². The lowest BCUT2D eigenvalue weighted by atomic mass is 10.1. The van der Waals surface area contributed by atoms with E-state index in [0.29, 0.717) is 17.9 Å². The van der Waals surface area contributed by atoms with Crippen molar-refractivity contribution in [2.75, 3.05) is 12.4 Å². The van der Waals surface area contributed by atoms with Crippen LogP contribution in [0.5, 0.6) is 5.75 Å². The van der Waals surface area contributed by atoms with E-state index >= 15 is 0 Å². The lowest BCUT2D eigenvalue weighted by molar-refractivity contribution is 0.0601. The zero-order chi connectivity index (χ0) is 15.4. The first-order valence-corrected chi connectivity index (χ1v) is 6.73. The van der Waals surface area contributed by atoms with Crippen molar-refractivity contribution < 1.29 is 14.6 Å². The van der Waals surface area contributed by atoms with Crippen LogP contribution in [0.3, 0.4) is 0 Å². The average Bonchev–Trinajstić information content (AvgIpc) is 2.49. The first-order valence-electron chi connectivity index (χ1n) is 6.73. The Balaban J connectivity index is 2.19. The normalized spacial score (nSPS) is 10.2. The number of phenols is 1. The maximum absolute atomic E-state index is 11.6. The van der Waals surface area contributed by atoms with Gasteiger partial charge in [0.15, 0.2) is 0 Å². The smallest absolute Gasteiger partial charge is 0.337 e. The highest BCUT2D eigenvalue weighted by atomic mass is 16.5. The molecule has 21 heavy (non-hydrogen) atoms. The maximum Gasteiger partial charge on any atom is 0.337 e. The van der Waals surface area contributed by atoms with Crippen molar-refractivity contribution in [2.24, 2.45) is 0 Å². The molecule has 2 aromatic rings. The summed E-state index contributed by atoms with van der Waals surface area (Å²) in [5, 5.41) is 13.3. The van der Waals surface area contributed by atoms with E-state index in [2.05, 4.69) is 5.32 Å². The largest absolute Gasteiger partial charge is 0.507 e. The fraction of sp³-hybridized carbons (Fsp3) is 0.235. The standard InChI is InChI=1S/C17H19NO3/c1-11-7-8-13(17(20)21-3)9-15(11)18-10-14-6-4-5-12(2)16(14)19/h4-9,18-19H,10H2,1-3H3. The molecule has 0 aliphatic rings. The van der Waals surface area contributed by atoms with Gasteiger partial charge in [-0.3, -0.25) is 0 Å². The molecule has 0 saturated carbocycles. The van der Waals surface area contributed by atoms with E-state index < -0.39 is 0 Å². The molecule has 2 N–H and O–H groups in total. The van der Waals surface area contributed by atoms with Crippen LogP contribution in [0.4, 0.5) is 5.69 Å². The van der Waals surface area contributed by atoms with E-state index in [4.69, 9.17) is 4.74 Å². The van der Waals surface area contributed by atoms with Gasteiger partial charge in [-0.25, -0.2) is 4.79 Å². The summed E-state index contributed by atoms with van der Waals surface area (Å²) in [5.74, 6) is -0.0665. The molecule has 0 radical (unpaired) electrons. The van der Waals surface area contributed by atoms with E-state index in [1.54, 1.807) is 12.1 Å². The average molecular weight is 285 g/mol. The van der Waals surface area contributed by atoms with Crippen LogP contribution in [0.25, 0.3) is 0 Å². The molecule has 4 heteroatoms. The van der Waals surface area contributed by atoms with Crippen molar-refractivity contribution in [1.82, 2.24) is 0 Å². The lowest BCUT2D eigenvalue weighted by Gasteiger charge is -2.12. The predicted octanol–water partition coefficient (Wildman–Crippen LogP) is 3.41. The Morgan fingerprint density at radius 2 is 1.95 bits per heavy atom. The number of aromatic hydroxyl groups is 1. The topological polar surface area (TPSA) is 58.6 Å². The number of phenolic OH excluding ortho intramolecular Hbond substituents is 1. The number of esters is 1. The molecule has 0 fully saturated rings. The zero-order valence-electron chi connectivity index (χ0n) is 12.4. The molecule has 110 valence electrons. The van der Waals surface area contributed by atoms with Crippen LogP contribution in [0.2, 0.25) is 0 Å². The highest BCUT2D eigenvalue weighted by Crippen LogP contribution is 2.24. The second-order valence-corrected chi connectivity index (χ2v) is 4.96. The Hall–Kier alpha value is -2.49. The first kappa shape index (κ1) is 14.9. The number of anilines is 1. The molecular formula is C17H19NO3. The SMILES string of the molecule is COC(=O)c1ccc(C)c(NCc2cccc(C)c2O)c1. The number of benzene rings is 2. The number of rotatable bonds is 4. The van der Waals surface area contributed by atoms with E-state index in [9.17, 15) is 9.90 Å². The highest BCUT2D eigenvalue weighted by Gasteiger charge is 2.09. The fourth-order valence-electron chi connectivity index (χ4n) is 2.11. The highest BCUT2D eigenvalue weighted by molar-refractivity contribution is 5.90. The third-order valence-corrected chi connectivity index (χ3v) is 3.45. The van der Waals surface area contributed by atoms with Crippen molar-refractivity contribution >= 4 is 11.7 Å². The van der Waals surface area contributed by atoms with Gasteiger partial charge in [0.25, 0.3) is 0 Å². The molecule has 0 spiro atoms. The van der Waals surface area contributed by atoms with Gasteiger partial charge in [0.2, 0.25) is 0 Å². The molecule has 0 aromatic heterocycles. The summed E-state index contributed by atoms with van der Waals surface area (Å²) in [6.07, 6.45) is 0. The quantitative estimate of drug-likeness (QED) is 0.845. The van der Waals surface area contributed by atoms with Gasteiger partial charge in [-0.05, 0) is 37.1 Å². The summed E-state index contributed by atoms with van der Waals surface area (Å²) in [6.45, 7) is 4.31. The number of nitrogens with one attached hydrogen (secondary N) is 1. The lowest BCUT2D eigenvalue weighted by Crippen LogP contribution is -2.05. The molecule has 0 atom stereocenters. The summed E-state index contributed by atoms with van der Waals surface area (Å²) in [4.78, 5) is 11.6. The minimum Gasteiger partial charge on any atom is -0.507 e. The molecule has 0 unspecified atom stereocenters. The number of hydrogen-bond acceptors (Lipinski definition) is 4. The van der Waals surface area contributed by atoms with Gasteiger partial charge in [0, 0.05) is 17.8 Å². The Kier molecular flexibility index (Phi) is 4.48. The monoisotopic (exact) mass is 285 g/mol. The van der Waals surface area contributed by atoms with Crippen molar-refractivity contribution in [3.8, 4) is 5.75 Å². The van der Waals surface area contributed by atoms with Gasteiger partial charge in [0.05, 0.1) is 12.7 Å². The van der Waals surface area contributed by atoms with Crippen LogP contribution in [0.15, 0.2) is 36.4 Å². The maximum atomic E-state index is 11.6. The van der Waals surface area contributed by atoms with Gasteiger partial charge < -0.3 is 15.2 Å². The minimum absolute atomic E-state index is 0.298. The number of para-hydroxylation sites is 1. The molecule has 0 aliphatic heterocycles. The Labute approximate surface area is 124 Å². The molecule has 0 aliphatic carbocycles. The van der Waals surface area contributed by atoms with Crippen molar-refractivity contribution in [3.63, 3.8) is 0 Å². The molecule has 4 nitrogen and oxygen atoms in total. The van der Waals surface area contributed by atoms with E-state index in [-0.39, 0.29) is 5.97 Å². The Morgan fingerprint density at radius 3 is 2.67 bits per heavy atom. The predicted molar refractivity (Wildman–Crippen MR) is 82.7 cm³/mol. The fourth-order valence-corrected chi connectivity index (χ4v) is 2.11. The number of carbonyl (C=O) groups is 1. The number of ether oxygens (including phenoxy) is 1. The van der Waals surface area contributed by atoms with E-state index in [1.165, 1.54) is 7.11 Å². The molecule has 2 rings (SSSR count). The Morgan fingerprint density at radius 1 is 1.19 bits per heavy atom. The van der Waals surface area contributed by atoms with Crippen molar-refractivity contribution in [3.05, 3.63) is 58.7 Å². The number of carbonyl (C=O) groups excluding carboxylic acids is 1. The van der Waals surface area contributed by atoms with Crippen molar-refractivity contribution in [1.29, 1.82) is 0 Å².